The van der Waals surface area contributed by atoms with E-state index >= 15 is 0 Å². The van der Waals surface area contributed by atoms with E-state index in [1.54, 1.807) is 59.3 Å². The van der Waals surface area contributed by atoms with Gasteiger partial charge in [0.15, 0.2) is 11.6 Å². The second-order valence-electron chi connectivity index (χ2n) is 5.00. The van der Waals surface area contributed by atoms with E-state index in [0.717, 1.165) is 0 Å². The van der Waals surface area contributed by atoms with Crippen molar-refractivity contribution in [2.45, 2.75) is 6.54 Å². The fraction of sp³-hybridized carbons (Fsp3) is 0.0556. The highest BCUT2D eigenvalue weighted by Crippen LogP contribution is 2.14. The summed E-state index contributed by atoms with van der Waals surface area (Å²) in [6.07, 6.45) is 3.14. The number of nitrogens with zero attached hydrogens (tertiary/aromatic N) is 2. The SMILES string of the molecule is O=C(Cn1ccnc1C(=O)c1ccc(Cl)cc1)c1ccccc1. The maximum absolute atomic E-state index is 12.5. The summed E-state index contributed by atoms with van der Waals surface area (Å²) in [4.78, 5) is 28.9. The van der Waals surface area contributed by atoms with Gasteiger partial charge in [-0.15, -0.1) is 0 Å². The fourth-order valence-corrected chi connectivity index (χ4v) is 2.37. The summed E-state index contributed by atoms with van der Waals surface area (Å²) in [5, 5.41) is 0.559. The highest BCUT2D eigenvalue weighted by atomic mass is 35.5. The molecule has 2 aromatic carbocycles. The van der Waals surface area contributed by atoms with Gasteiger partial charge < -0.3 is 4.57 Å². The Kier molecular flexibility index (Phi) is 4.35. The molecule has 0 amide bonds. The van der Waals surface area contributed by atoms with E-state index in [4.69, 9.17) is 11.6 Å². The molecule has 23 heavy (non-hydrogen) atoms. The van der Waals surface area contributed by atoms with Crippen LogP contribution in [0.2, 0.25) is 5.02 Å². The van der Waals surface area contributed by atoms with Crippen molar-refractivity contribution in [3.63, 3.8) is 0 Å². The average Bonchev–Trinajstić information content (AvgIpc) is 3.04. The van der Waals surface area contributed by atoms with Crippen molar-refractivity contribution in [1.82, 2.24) is 9.55 Å². The van der Waals surface area contributed by atoms with E-state index < -0.39 is 0 Å². The second kappa shape index (κ2) is 6.58. The van der Waals surface area contributed by atoms with Crippen LogP contribution in [-0.2, 0) is 6.54 Å². The van der Waals surface area contributed by atoms with Crippen LogP contribution in [0, 0.1) is 0 Å². The number of carbonyl (C=O) groups is 2. The van der Waals surface area contributed by atoms with Crippen molar-refractivity contribution >= 4 is 23.2 Å². The molecule has 5 heteroatoms. The summed E-state index contributed by atoms with van der Waals surface area (Å²) in [5.41, 5.74) is 1.08. The number of aromatic nitrogens is 2. The first-order valence-corrected chi connectivity index (χ1v) is 7.42. The molecule has 0 radical (unpaired) electrons. The van der Waals surface area contributed by atoms with Crippen molar-refractivity contribution < 1.29 is 9.59 Å². The number of Topliss-reactive ketones (excluding diaryl/α,β-unsaturated/α-hetero) is 1. The van der Waals surface area contributed by atoms with Gasteiger partial charge in [0.25, 0.3) is 0 Å². The molecule has 4 nitrogen and oxygen atoms in total. The third kappa shape index (κ3) is 3.38. The zero-order chi connectivity index (χ0) is 16.2. The van der Waals surface area contributed by atoms with Gasteiger partial charge in [-0.25, -0.2) is 4.98 Å². The number of rotatable bonds is 5. The molecule has 0 atom stereocenters. The number of halogens is 1. The molecular weight excluding hydrogens is 312 g/mol. The summed E-state index contributed by atoms with van der Waals surface area (Å²) in [6.45, 7) is 0.0681. The van der Waals surface area contributed by atoms with Gasteiger partial charge in [0, 0.05) is 28.5 Å². The zero-order valence-corrected chi connectivity index (χ0v) is 12.9. The number of ketones is 2. The number of hydrogen-bond donors (Lipinski definition) is 0. The average molecular weight is 325 g/mol. The van der Waals surface area contributed by atoms with Gasteiger partial charge >= 0.3 is 0 Å². The molecule has 0 aliphatic carbocycles. The standard InChI is InChI=1S/C18H13ClN2O2/c19-15-8-6-14(7-9-15)17(23)18-20-10-11-21(18)12-16(22)13-4-2-1-3-5-13/h1-11H,12H2. The molecule has 0 aliphatic rings. The second-order valence-corrected chi connectivity index (χ2v) is 5.44. The number of carbonyl (C=O) groups excluding carboxylic acids is 2. The van der Waals surface area contributed by atoms with E-state index in [1.165, 1.54) is 6.20 Å². The van der Waals surface area contributed by atoms with E-state index in [-0.39, 0.29) is 23.9 Å². The topological polar surface area (TPSA) is 52.0 Å². The summed E-state index contributed by atoms with van der Waals surface area (Å²) < 4.78 is 1.56. The van der Waals surface area contributed by atoms with Crippen LogP contribution in [0.25, 0.3) is 0 Å². The lowest BCUT2D eigenvalue weighted by molar-refractivity contribution is 0.0967. The summed E-state index contributed by atoms with van der Waals surface area (Å²) in [7, 11) is 0. The minimum atomic E-state index is -0.243. The van der Waals surface area contributed by atoms with Crippen LogP contribution < -0.4 is 0 Å². The Bertz CT molecular complexity index is 839. The summed E-state index contributed by atoms with van der Waals surface area (Å²) >= 11 is 5.83. The van der Waals surface area contributed by atoms with Gasteiger partial charge in [0.1, 0.15) is 0 Å². The lowest BCUT2D eigenvalue weighted by Gasteiger charge is -2.07. The van der Waals surface area contributed by atoms with E-state index in [9.17, 15) is 9.59 Å². The van der Waals surface area contributed by atoms with Crippen LogP contribution in [0.1, 0.15) is 26.5 Å². The number of benzene rings is 2. The first-order chi connectivity index (χ1) is 11.1. The van der Waals surface area contributed by atoms with Crippen molar-refractivity contribution in [2.75, 3.05) is 0 Å². The van der Waals surface area contributed by atoms with Gasteiger partial charge in [0.05, 0.1) is 6.54 Å². The Morgan fingerprint density at radius 1 is 0.957 bits per heavy atom. The number of hydrogen-bond acceptors (Lipinski definition) is 3. The molecule has 3 aromatic rings. The summed E-state index contributed by atoms with van der Waals surface area (Å²) in [6, 6.07) is 15.5. The van der Waals surface area contributed by atoms with Crippen molar-refractivity contribution in [1.29, 1.82) is 0 Å². The van der Waals surface area contributed by atoms with E-state index in [2.05, 4.69) is 4.98 Å². The Morgan fingerprint density at radius 3 is 2.35 bits per heavy atom. The van der Waals surface area contributed by atoms with Gasteiger partial charge in [-0.1, -0.05) is 41.9 Å². The Balaban J connectivity index is 1.83. The highest BCUT2D eigenvalue weighted by Gasteiger charge is 2.17. The molecule has 3 rings (SSSR count). The highest BCUT2D eigenvalue weighted by molar-refractivity contribution is 6.30. The minimum absolute atomic E-state index is 0.0681. The molecule has 1 heterocycles. The molecule has 0 bridgehead atoms. The van der Waals surface area contributed by atoms with Gasteiger partial charge in [-0.2, -0.15) is 0 Å². The smallest absolute Gasteiger partial charge is 0.228 e. The van der Waals surface area contributed by atoms with Crippen LogP contribution in [-0.4, -0.2) is 21.1 Å². The largest absolute Gasteiger partial charge is 0.320 e. The van der Waals surface area contributed by atoms with Crippen molar-refractivity contribution in [3.8, 4) is 0 Å². The molecular formula is C18H13ClN2O2. The third-order valence-corrected chi connectivity index (χ3v) is 3.69. The van der Waals surface area contributed by atoms with Gasteiger partial charge in [0.2, 0.25) is 5.78 Å². The Hall–Kier alpha value is -2.72. The molecule has 0 unspecified atom stereocenters. The van der Waals surface area contributed by atoms with Crippen LogP contribution >= 0.6 is 11.6 Å². The first kappa shape index (κ1) is 15.2. The van der Waals surface area contributed by atoms with E-state index in [1.807, 2.05) is 6.07 Å². The maximum atomic E-state index is 12.5. The van der Waals surface area contributed by atoms with Gasteiger partial charge in [-0.05, 0) is 24.3 Å². The monoisotopic (exact) mass is 324 g/mol. The van der Waals surface area contributed by atoms with Crippen LogP contribution in [0.15, 0.2) is 67.0 Å². The normalized spacial score (nSPS) is 10.5. The lowest BCUT2D eigenvalue weighted by atomic mass is 10.1. The lowest BCUT2D eigenvalue weighted by Crippen LogP contribution is -2.16. The zero-order valence-electron chi connectivity index (χ0n) is 12.1. The molecule has 1 aromatic heterocycles. The molecule has 0 spiro atoms. The predicted octanol–water partition coefficient (Wildman–Crippen LogP) is 3.65. The Morgan fingerprint density at radius 2 is 1.65 bits per heavy atom. The first-order valence-electron chi connectivity index (χ1n) is 7.05. The van der Waals surface area contributed by atoms with Crippen molar-refractivity contribution in [2.24, 2.45) is 0 Å². The maximum Gasteiger partial charge on any atom is 0.228 e. The van der Waals surface area contributed by atoms with Crippen LogP contribution in [0.5, 0.6) is 0 Å². The molecule has 114 valence electrons. The predicted molar refractivity (Wildman–Crippen MR) is 87.9 cm³/mol. The Labute approximate surface area is 138 Å². The molecule has 0 saturated heterocycles. The molecule has 0 N–H and O–H groups in total. The third-order valence-electron chi connectivity index (χ3n) is 3.43. The molecule has 0 saturated carbocycles. The quantitative estimate of drug-likeness (QED) is 0.673. The van der Waals surface area contributed by atoms with Gasteiger partial charge in [-0.3, -0.25) is 9.59 Å². The van der Waals surface area contributed by atoms with Crippen molar-refractivity contribution in [3.05, 3.63) is 89.0 Å². The molecule has 0 aliphatic heterocycles. The summed E-state index contributed by atoms with van der Waals surface area (Å²) in [5.74, 6) is -0.0853. The van der Waals surface area contributed by atoms with E-state index in [0.29, 0.717) is 16.1 Å². The minimum Gasteiger partial charge on any atom is -0.320 e. The molecule has 0 fully saturated rings. The fourth-order valence-electron chi connectivity index (χ4n) is 2.25. The van der Waals surface area contributed by atoms with Crippen LogP contribution in [0.3, 0.4) is 0 Å². The van der Waals surface area contributed by atoms with Crippen LogP contribution in [0.4, 0.5) is 0 Å². The number of imidazole rings is 1.